The van der Waals surface area contributed by atoms with Crippen LogP contribution in [-0.4, -0.2) is 33.5 Å². The number of hydrogen-bond donors (Lipinski definition) is 2. The van der Waals surface area contributed by atoms with Crippen LogP contribution in [0.4, 0.5) is 5.82 Å². The van der Waals surface area contributed by atoms with Crippen LogP contribution >= 0.6 is 27.7 Å². The molecule has 0 unspecified atom stereocenters. The van der Waals surface area contributed by atoms with E-state index in [4.69, 9.17) is 5.11 Å². The van der Waals surface area contributed by atoms with Gasteiger partial charge in [-0.25, -0.2) is 4.98 Å². The van der Waals surface area contributed by atoms with Crippen molar-refractivity contribution in [2.75, 3.05) is 16.8 Å². The molecule has 0 aromatic carbocycles. The summed E-state index contributed by atoms with van der Waals surface area (Å²) < 4.78 is 0.839. The van der Waals surface area contributed by atoms with E-state index in [1.165, 1.54) is 11.8 Å². The molecule has 0 spiro atoms. The second-order valence-corrected chi connectivity index (χ2v) is 5.13. The number of carbonyl (C=O) groups is 2. The van der Waals surface area contributed by atoms with Crippen molar-refractivity contribution in [1.29, 1.82) is 0 Å². The fraction of sp³-hybridized carbons (Fsp3) is 0.300. The van der Waals surface area contributed by atoms with Gasteiger partial charge in [0, 0.05) is 16.4 Å². The van der Waals surface area contributed by atoms with Gasteiger partial charge < -0.3 is 10.4 Å². The highest BCUT2D eigenvalue weighted by Gasteiger charge is 2.04. The summed E-state index contributed by atoms with van der Waals surface area (Å²) in [5, 5.41) is 11.0. The Balaban J connectivity index is 2.25. The minimum absolute atomic E-state index is 0.0640. The zero-order valence-corrected chi connectivity index (χ0v) is 11.3. The maximum Gasteiger partial charge on any atom is 0.304 e. The molecular formula is C10H11BrN2O3S. The van der Waals surface area contributed by atoms with Crippen LogP contribution in [0.25, 0.3) is 0 Å². The summed E-state index contributed by atoms with van der Waals surface area (Å²) >= 11 is 4.52. The number of pyridine rings is 1. The Morgan fingerprint density at radius 1 is 1.47 bits per heavy atom. The van der Waals surface area contributed by atoms with E-state index in [1.54, 1.807) is 18.3 Å². The zero-order chi connectivity index (χ0) is 12.7. The summed E-state index contributed by atoms with van der Waals surface area (Å²) in [6.07, 6.45) is 1.65. The van der Waals surface area contributed by atoms with Crippen LogP contribution in [0.2, 0.25) is 0 Å². The molecule has 17 heavy (non-hydrogen) atoms. The topological polar surface area (TPSA) is 79.3 Å². The first-order chi connectivity index (χ1) is 8.08. The molecule has 0 saturated carbocycles. The Morgan fingerprint density at radius 3 is 2.82 bits per heavy atom. The van der Waals surface area contributed by atoms with E-state index in [1.807, 2.05) is 0 Å². The predicted molar refractivity (Wildman–Crippen MR) is 70.1 cm³/mol. The van der Waals surface area contributed by atoms with Gasteiger partial charge in [0.25, 0.3) is 0 Å². The van der Waals surface area contributed by atoms with Crippen molar-refractivity contribution in [2.24, 2.45) is 0 Å². The van der Waals surface area contributed by atoms with E-state index in [2.05, 4.69) is 26.2 Å². The summed E-state index contributed by atoms with van der Waals surface area (Å²) in [6, 6.07) is 3.46. The van der Waals surface area contributed by atoms with Gasteiger partial charge in [-0.3, -0.25) is 9.59 Å². The van der Waals surface area contributed by atoms with E-state index < -0.39 is 5.97 Å². The van der Waals surface area contributed by atoms with Crippen molar-refractivity contribution in [1.82, 2.24) is 4.98 Å². The number of rotatable bonds is 6. The maximum atomic E-state index is 11.4. The molecule has 1 aromatic rings. The first kappa shape index (κ1) is 14.0. The normalized spacial score (nSPS) is 9.94. The van der Waals surface area contributed by atoms with Crippen molar-refractivity contribution in [3.8, 4) is 0 Å². The summed E-state index contributed by atoms with van der Waals surface area (Å²) in [4.78, 5) is 25.6. The number of carboxylic acids is 1. The predicted octanol–water partition coefficient (Wildman–Crippen LogP) is 1.99. The molecule has 92 valence electrons. The molecule has 0 aliphatic carbocycles. The smallest absolute Gasteiger partial charge is 0.304 e. The van der Waals surface area contributed by atoms with E-state index in [0.29, 0.717) is 11.6 Å². The summed E-state index contributed by atoms with van der Waals surface area (Å²) in [5.74, 6) is 0.0985. The van der Waals surface area contributed by atoms with Gasteiger partial charge in [-0.2, -0.15) is 11.8 Å². The number of halogens is 1. The van der Waals surface area contributed by atoms with Crippen LogP contribution in [0.3, 0.4) is 0 Å². The third-order valence-corrected chi connectivity index (χ3v) is 3.12. The van der Waals surface area contributed by atoms with Gasteiger partial charge in [0.1, 0.15) is 5.82 Å². The summed E-state index contributed by atoms with van der Waals surface area (Å²) in [5.41, 5.74) is 0. The van der Waals surface area contributed by atoms with Crippen molar-refractivity contribution >= 4 is 45.4 Å². The average molecular weight is 319 g/mol. The van der Waals surface area contributed by atoms with Gasteiger partial charge >= 0.3 is 5.97 Å². The van der Waals surface area contributed by atoms with E-state index in [0.717, 1.165) is 4.47 Å². The Labute approximate surface area is 111 Å². The van der Waals surface area contributed by atoms with Crippen molar-refractivity contribution in [3.63, 3.8) is 0 Å². The van der Waals surface area contributed by atoms with Gasteiger partial charge in [0.15, 0.2) is 0 Å². The van der Waals surface area contributed by atoms with Crippen LogP contribution < -0.4 is 5.32 Å². The van der Waals surface area contributed by atoms with Gasteiger partial charge in [0.2, 0.25) is 5.91 Å². The second-order valence-electron chi connectivity index (χ2n) is 3.11. The highest BCUT2D eigenvalue weighted by atomic mass is 79.9. The third-order valence-electron chi connectivity index (χ3n) is 1.69. The lowest BCUT2D eigenvalue weighted by Crippen LogP contribution is -2.15. The largest absolute Gasteiger partial charge is 0.481 e. The SMILES string of the molecule is O=C(O)CCSCC(=O)Nc1ccc(Br)cn1. The number of nitrogens with zero attached hydrogens (tertiary/aromatic N) is 1. The van der Waals surface area contributed by atoms with Crippen LogP contribution in [0.1, 0.15) is 6.42 Å². The van der Waals surface area contributed by atoms with Crippen LogP contribution in [0.15, 0.2) is 22.8 Å². The Morgan fingerprint density at radius 2 is 2.24 bits per heavy atom. The second kappa shape index (κ2) is 7.29. The Bertz CT molecular complexity index is 397. The molecule has 1 aromatic heterocycles. The summed E-state index contributed by atoms with van der Waals surface area (Å²) in [6.45, 7) is 0. The molecule has 0 fully saturated rings. The number of anilines is 1. The number of hydrogen-bond acceptors (Lipinski definition) is 4. The quantitative estimate of drug-likeness (QED) is 0.784. The van der Waals surface area contributed by atoms with Crippen molar-refractivity contribution < 1.29 is 14.7 Å². The lowest BCUT2D eigenvalue weighted by molar-refractivity contribution is -0.136. The van der Waals surface area contributed by atoms with E-state index >= 15 is 0 Å². The third kappa shape index (κ3) is 6.28. The lowest BCUT2D eigenvalue weighted by Gasteiger charge is -2.03. The molecule has 1 amide bonds. The molecule has 5 nitrogen and oxygen atoms in total. The fourth-order valence-corrected chi connectivity index (χ4v) is 1.91. The number of aromatic nitrogens is 1. The number of carboxylic acid groups (broad SMARTS) is 1. The minimum atomic E-state index is -0.854. The molecule has 7 heteroatoms. The van der Waals surface area contributed by atoms with E-state index in [-0.39, 0.29) is 18.1 Å². The highest BCUT2D eigenvalue weighted by molar-refractivity contribution is 9.10. The lowest BCUT2D eigenvalue weighted by atomic mass is 10.4. The minimum Gasteiger partial charge on any atom is -0.481 e. The monoisotopic (exact) mass is 318 g/mol. The molecule has 0 saturated heterocycles. The molecule has 2 N–H and O–H groups in total. The molecular weight excluding hydrogens is 308 g/mol. The Kier molecular flexibility index (Phi) is 5.99. The maximum absolute atomic E-state index is 11.4. The van der Waals surface area contributed by atoms with Crippen LogP contribution in [0.5, 0.6) is 0 Å². The highest BCUT2D eigenvalue weighted by Crippen LogP contribution is 2.11. The molecule has 1 heterocycles. The van der Waals surface area contributed by atoms with Gasteiger partial charge in [0.05, 0.1) is 12.2 Å². The average Bonchev–Trinajstić information content (AvgIpc) is 2.27. The molecule has 0 aliphatic heterocycles. The molecule has 0 radical (unpaired) electrons. The fourth-order valence-electron chi connectivity index (χ4n) is 0.953. The number of thioether (sulfide) groups is 1. The standard InChI is InChI=1S/C10H11BrN2O3S/c11-7-1-2-8(12-5-7)13-9(14)6-17-4-3-10(15)16/h1-2,5H,3-4,6H2,(H,15,16)(H,12,13,14). The van der Waals surface area contributed by atoms with Gasteiger partial charge in [-0.05, 0) is 28.1 Å². The van der Waals surface area contributed by atoms with Crippen molar-refractivity contribution in [3.05, 3.63) is 22.8 Å². The van der Waals surface area contributed by atoms with Gasteiger partial charge in [-0.1, -0.05) is 0 Å². The van der Waals surface area contributed by atoms with E-state index in [9.17, 15) is 9.59 Å². The zero-order valence-electron chi connectivity index (χ0n) is 8.85. The molecule has 0 aliphatic rings. The first-order valence-electron chi connectivity index (χ1n) is 4.79. The number of aliphatic carboxylic acids is 1. The van der Waals surface area contributed by atoms with Crippen LogP contribution in [-0.2, 0) is 9.59 Å². The number of nitrogens with one attached hydrogen (secondary N) is 1. The first-order valence-corrected chi connectivity index (χ1v) is 6.73. The van der Waals surface area contributed by atoms with Crippen LogP contribution in [0, 0.1) is 0 Å². The molecule has 0 atom stereocenters. The van der Waals surface area contributed by atoms with Gasteiger partial charge in [-0.15, -0.1) is 0 Å². The number of amides is 1. The molecule has 0 bridgehead atoms. The Hall–Kier alpha value is -1.08. The number of carbonyl (C=O) groups excluding carboxylic acids is 1. The van der Waals surface area contributed by atoms with Crippen molar-refractivity contribution in [2.45, 2.75) is 6.42 Å². The summed E-state index contributed by atoms with van der Waals surface area (Å²) in [7, 11) is 0. The molecule has 1 rings (SSSR count).